The number of benzene rings is 1. The summed E-state index contributed by atoms with van der Waals surface area (Å²) >= 11 is 0. The zero-order valence-electron chi connectivity index (χ0n) is 10.2. The average Bonchev–Trinajstić information content (AvgIpc) is 2.43. The maximum Gasteiger partial charge on any atom is 0.164 e. The molecule has 18 heavy (non-hydrogen) atoms. The number of hydroxylamine groups is 1. The van der Waals surface area contributed by atoms with Gasteiger partial charge in [-0.25, -0.2) is 5.48 Å². The SMILES string of the molecule is ONCc1c2c(c(O)c3c1OCCC3)OCCC2. The van der Waals surface area contributed by atoms with Crippen LogP contribution in [0.3, 0.4) is 0 Å². The van der Waals surface area contributed by atoms with E-state index in [0.717, 1.165) is 48.1 Å². The number of rotatable bonds is 2. The Morgan fingerprint density at radius 3 is 2.39 bits per heavy atom. The van der Waals surface area contributed by atoms with Crippen LogP contribution in [-0.4, -0.2) is 23.5 Å². The van der Waals surface area contributed by atoms with E-state index in [2.05, 4.69) is 5.48 Å². The fraction of sp³-hybridized carbons (Fsp3) is 0.538. The quantitative estimate of drug-likeness (QED) is 0.695. The summed E-state index contributed by atoms with van der Waals surface area (Å²) in [5.74, 6) is 1.53. The molecule has 0 saturated heterocycles. The highest BCUT2D eigenvalue weighted by molar-refractivity contribution is 5.63. The lowest BCUT2D eigenvalue weighted by molar-refractivity contribution is 0.157. The first kappa shape index (κ1) is 11.6. The zero-order valence-corrected chi connectivity index (χ0v) is 10.2. The lowest BCUT2D eigenvalue weighted by Gasteiger charge is -2.28. The van der Waals surface area contributed by atoms with E-state index in [1.807, 2.05) is 0 Å². The molecule has 0 amide bonds. The van der Waals surface area contributed by atoms with Gasteiger partial charge in [0.2, 0.25) is 0 Å². The molecule has 1 aromatic carbocycles. The molecule has 98 valence electrons. The molecule has 3 rings (SSSR count). The van der Waals surface area contributed by atoms with E-state index in [1.165, 1.54) is 0 Å². The first-order valence-corrected chi connectivity index (χ1v) is 6.35. The second-order valence-electron chi connectivity index (χ2n) is 4.68. The van der Waals surface area contributed by atoms with Gasteiger partial charge in [0.1, 0.15) is 5.75 Å². The van der Waals surface area contributed by atoms with E-state index in [1.54, 1.807) is 0 Å². The Bertz CT molecular complexity index is 436. The number of nitrogens with one attached hydrogen (secondary N) is 1. The second kappa shape index (κ2) is 4.66. The van der Waals surface area contributed by atoms with E-state index >= 15 is 0 Å². The normalized spacial score (nSPS) is 17.4. The van der Waals surface area contributed by atoms with Crippen LogP contribution in [0.25, 0.3) is 0 Å². The van der Waals surface area contributed by atoms with Gasteiger partial charge in [0.05, 0.1) is 13.2 Å². The molecule has 0 unspecified atom stereocenters. The minimum atomic E-state index is 0.223. The molecular weight excluding hydrogens is 234 g/mol. The molecule has 2 aliphatic heterocycles. The van der Waals surface area contributed by atoms with Crippen LogP contribution in [0, 0.1) is 0 Å². The molecular formula is C13H17NO4. The van der Waals surface area contributed by atoms with E-state index in [9.17, 15) is 5.11 Å². The molecule has 5 heteroatoms. The number of aromatic hydroxyl groups is 1. The molecule has 0 bridgehead atoms. The van der Waals surface area contributed by atoms with Gasteiger partial charge in [-0.2, -0.15) is 0 Å². The molecule has 2 heterocycles. The first-order chi connectivity index (χ1) is 8.83. The summed E-state index contributed by atoms with van der Waals surface area (Å²) in [6.45, 7) is 1.60. The van der Waals surface area contributed by atoms with E-state index in [-0.39, 0.29) is 5.75 Å². The Morgan fingerprint density at radius 1 is 1.00 bits per heavy atom. The third kappa shape index (κ3) is 1.71. The molecule has 2 aliphatic rings. The Kier molecular flexibility index (Phi) is 3.01. The number of phenols is 1. The molecule has 0 atom stereocenters. The van der Waals surface area contributed by atoms with Gasteiger partial charge < -0.3 is 19.8 Å². The van der Waals surface area contributed by atoms with Gasteiger partial charge in [0.25, 0.3) is 0 Å². The Balaban J connectivity index is 2.20. The summed E-state index contributed by atoms with van der Waals surface area (Å²) in [7, 11) is 0. The van der Waals surface area contributed by atoms with Gasteiger partial charge in [0, 0.05) is 23.2 Å². The van der Waals surface area contributed by atoms with Crippen molar-refractivity contribution < 1.29 is 19.8 Å². The number of hydrogen-bond donors (Lipinski definition) is 3. The Labute approximate surface area is 105 Å². The van der Waals surface area contributed by atoms with Crippen LogP contribution in [-0.2, 0) is 19.4 Å². The summed E-state index contributed by atoms with van der Waals surface area (Å²) in [5, 5.41) is 19.3. The van der Waals surface area contributed by atoms with Crippen LogP contribution in [0.5, 0.6) is 17.2 Å². The van der Waals surface area contributed by atoms with E-state index in [4.69, 9.17) is 14.7 Å². The van der Waals surface area contributed by atoms with Crippen molar-refractivity contribution in [2.45, 2.75) is 32.2 Å². The van der Waals surface area contributed by atoms with Crippen LogP contribution in [0.15, 0.2) is 0 Å². The van der Waals surface area contributed by atoms with E-state index in [0.29, 0.717) is 25.5 Å². The predicted octanol–water partition coefficient (Wildman–Crippen LogP) is 1.52. The largest absolute Gasteiger partial charge is 0.504 e. The minimum absolute atomic E-state index is 0.223. The second-order valence-corrected chi connectivity index (χ2v) is 4.68. The summed E-state index contributed by atoms with van der Waals surface area (Å²) in [5.41, 5.74) is 4.87. The third-order valence-corrected chi connectivity index (χ3v) is 3.58. The standard InChI is InChI=1S/C13H17NO4/c15-11-9-4-2-5-17-12(9)10(7-14-16)8-3-1-6-18-13(8)11/h14-16H,1-7H2. The first-order valence-electron chi connectivity index (χ1n) is 6.35. The van der Waals surface area contributed by atoms with Crippen molar-refractivity contribution in [1.82, 2.24) is 5.48 Å². The van der Waals surface area contributed by atoms with Gasteiger partial charge in [0.15, 0.2) is 11.5 Å². The van der Waals surface area contributed by atoms with Gasteiger partial charge >= 0.3 is 0 Å². The molecule has 0 spiro atoms. The average molecular weight is 251 g/mol. The van der Waals surface area contributed by atoms with E-state index < -0.39 is 0 Å². The van der Waals surface area contributed by atoms with Crippen LogP contribution in [0.4, 0.5) is 0 Å². The monoisotopic (exact) mass is 251 g/mol. The smallest absolute Gasteiger partial charge is 0.164 e. The van der Waals surface area contributed by atoms with Gasteiger partial charge in [-0.15, -0.1) is 0 Å². The van der Waals surface area contributed by atoms with Gasteiger partial charge in [-0.1, -0.05) is 0 Å². The highest BCUT2D eigenvalue weighted by Crippen LogP contribution is 2.47. The van der Waals surface area contributed by atoms with Crippen LogP contribution in [0.2, 0.25) is 0 Å². The van der Waals surface area contributed by atoms with Crippen molar-refractivity contribution in [1.29, 1.82) is 0 Å². The van der Waals surface area contributed by atoms with Gasteiger partial charge in [-0.3, -0.25) is 0 Å². The number of phenolic OH excluding ortho intramolecular Hbond substituents is 1. The highest BCUT2D eigenvalue weighted by atomic mass is 16.5. The van der Waals surface area contributed by atoms with Gasteiger partial charge in [-0.05, 0) is 25.7 Å². The Morgan fingerprint density at radius 2 is 1.67 bits per heavy atom. The van der Waals surface area contributed by atoms with Crippen molar-refractivity contribution in [3.8, 4) is 17.2 Å². The highest BCUT2D eigenvalue weighted by Gasteiger charge is 2.28. The molecule has 1 aromatic rings. The maximum absolute atomic E-state index is 10.3. The molecule has 0 radical (unpaired) electrons. The molecule has 0 aliphatic carbocycles. The molecule has 0 fully saturated rings. The van der Waals surface area contributed by atoms with Crippen molar-refractivity contribution in [2.24, 2.45) is 0 Å². The fourth-order valence-electron chi connectivity index (χ4n) is 2.78. The minimum Gasteiger partial charge on any atom is -0.504 e. The summed E-state index contributed by atoms with van der Waals surface area (Å²) in [6, 6.07) is 0. The molecule has 5 nitrogen and oxygen atoms in total. The number of ether oxygens (including phenoxy) is 2. The summed E-state index contributed by atoms with van der Waals surface area (Å²) in [6.07, 6.45) is 3.45. The number of fused-ring (bicyclic) bond motifs is 2. The lowest BCUT2D eigenvalue weighted by Crippen LogP contribution is -2.20. The fourth-order valence-corrected chi connectivity index (χ4v) is 2.78. The van der Waals surface area contributed by atoms with Crippen molar-refractivity contribution in [3.05, 3.63) is 16.7 Å². The maximum atomic E-state index is 10.3. The number of hydrogen-bond acceptors (Lipinski definition) is 5. The van der Waals surface area contributed by atoms with Crippen molar-refractivity contribution in [2.75, 3.05) is 13.2 Å². The zero-order chi connectivity index (χ0) is 12.5. The van der Waals surface area contributed by atoms with Crippen molar-refractivity contribution >= 4 is 0 Å². The molecule has 0 saturated carbocycles. The van der Waals surface area contributed by atoms with Crippen molar-refractivity contribution in [3.63, 3.8) is 0 Å². The lowest BCUT2D eigenvalue weighted by atomic mass is 9.92. The third-order valence-electron chi connectivity index (χ3n) is 3.58. The summed E-state index contributed by atoms with van der Waals surface area (Å²) in [4.78, 5) is 0. The Hall–Kier alpha value is -1.46. The van der Waals surface area contributed by atoms with Crippen LogP contribution >= 0.6 is 0 Å². The molecule has 0 aromatic heterocycles. The van der Waals surface area contributed by atoms with Crippen LogP contribution < -0.4 is 15.0 Å². The topological polar surface area (TPSA) is 71.0 Å². The van der Waals surface area contributed by atoms with Crippen LogP contribution in [0.1, 0.15) is 29.5 Å². The molecule has 3 N–H and O–H groups in total. The summed E-state index contributed by atoms with van der Waals surface area (Å²) < 4.78 is 11.3. The predicted molar refractivity (Wildman–Crippen MR) is 64.4 cm³/mol.